The molecule has 0 fully saturated rings. The lowest BCUT2D eigenvalue weighted by Crippen LogP contribution is -2.23. The molecular formula is C28H25ClF4N2O6. The Bertz CT molecular complexity index is 1450. The summed E-state index contributed by atoms with van der Waals surface area (Å²) in [6.45, 7) is 0.276. The number of hydrogen-bond acceptors (Lipinski definition) is 7. The quantitative estimate of drug-likeness (QED) is 0.124. The number of aliphatic carboxylic acids is 1. The third kappa shape index (κ3) is 7.66. The van der Waals surface area contributed by atoms with Crippen molar-refractivity contribution in [3.63, 3.8) is 0 Å². The molecule has 1 aliphatic heterocycles. The van der Waals surface area contributed by atoms with Gasteiger partial charge in [0, 0.05) is 53.5 Å². The van der Waals surface area contributed by atoms with Gasteiger partial charge in [-0.05, 0) is 36.6 Å². The minimum absolute atomic E-state index is 0.0661. The van der Waals surface area contributed by atoms with E-state index in [9.17, 15) is 27.5 Å². The van der Waals surface area contributed by atoms with E-state index in [0.29, 0.717) is 33.3 Å². The number of anilines is 2. The molecule has 0 aliphatic carbocycles. The summed E-state index contributed by atoms with van der Waals surface area (Å²) in [5.41, 5.74) is 1.57. The van der Waals surface area contributed by atoms with E-state index in [1.54, 1.807) is 42.5 Å². The van der Waals surface area contributed by atoms with Gasteiger partial charge in [0.1, 0.15) is 17.2 Å². The lowest BCUT2D eigenvalue weighted by Gasteiger charge is -2.24. The zero-order chi connectivity index (χ0) is 29.7. The van der Waals surface area contributed by atoms with Gasteiger partial charge in [-0.15, -0.1) is 13.2 Å². The Morgan fingerprint density at radius 1 is 1.07 bits per heavy atom. The summed E-state index contributed by atoms with van der Waals surface area (Å²) in [6.07, 6.45) is -4.64. The minimum Gasteiger partial charge on any atom is -0.497 e. The van der Waals surface area contributed by atoms with E-state index in [0.717, 1.165) is 12.1 Å². The molecule has 0 bridgehead atoms. The highest BCUT2D eigenvalue weighted by molar-refractivity contribution is 6.30. The molecule has 3 N–H and O–H groups in total. The molecule has 0 saturated carbocycles. The highest BCUT2D eigenvalue weighted by Gasteiger charge is 2.34. The standard InChI is InChI=1S/C28H25ClF4N2O6/c1-39-20-12-19(13-21(14-20)40-10-2-3-25(36)37)34-26(16-4-6-18(29)7-5-16)27(38)35-9-8-17-11-22(30)24(15-23(17)35)41-28(31,32)33/h4-7,11-15,34,38H,2-3,8-10H2,1H3,(H,36,37). The van der Waals surface area contributed by atoms with Crippen molar-refractivity contribution in [2.45, 2.75) is 25.6 Å². The number of carboxylic acids is 1. The Morgan fingerprint density at radius 2 is 1.78 bits per heavy atom. The molecule has 0 saturated heterocycles. The van der Waals surface area contributed by atoms with Crippen molar-refractivity contribution < 1.29 is 46.8 Å². The molecule has 8 nitrogen and oxygen atoms in total. The van der Waals surface area contributed by atoms with Gasteiger partial charge < -0.3 is 34.6 Å². The number of aliphatic hydroxyl groups excluding tert-OH is 1. The van der Waals surface area contributed by atoms with Crippen LogP contribution in [0.5, 0.6) is 17.2 Å². The monoisotopic (exact) mass is 596 g/mol. The Morgan fingerprint density at radius 3 is 2.44 bits per heavy atom. The Labute approximate surface area is 237 Å². The van der Waals surface area contributed by atoms with E-state index >= 15 is 0 Å². The Hall–Kier alpha value is -4.32. The molecular weight excluding hydrogens is 572 g/mol. The number of rotatable bonds is 11. The summed E-state index contributed by atoms with van der Waals surface area (Å²) in [7, 11) is 1.45. The number of methoxy groups -OCH3 is 1. The summed E-state index contributed by atoms with van der Waals surface area (Å²) < 4.78 is 67.8. The van der Waals surface area contributed by atoms with E-state index < -0.39 is 23.9 Å². The fourth-order valence-corrected chi connectivity index (χ4v) is 4.35. The molecule has 0 atom stereocenters. The lowest BCUT2D eigenvalue weighted by atomic mass is 10.1. The van der Waals surface area contributed by atoms with Gasteiger partial charge in [-0.1, -0.05) is 23.7 Å². The molecule has 0 unspecified atom stereocenters. The molecule has 0 amide bonds. The van der Waals surface area contributed by atoms with E-state index in [1.165, 1.54) is 12.0 Å². The molecule has 3 aromatic carbocycles. The number of aliphatic hydroxyl groups is 1. The second-order valence-corrected chi connectivity index (χ2v) is 9.37. The number of hydrogen-bond donors (Lipinski definition) is 3. The van der Waals surface area contributed by atoms with Crippen LogP contribution >= 0.6 is 11.6 Å². The third-order valence-electron chi connectivity index (χ3n) is 6.06. The van der Waals surface area contributed by atoms with Crippen LogP contribution in [-0.2, 0) is 11.2 Å². The van der Waals surface area contributed by atoms with Crippen molar-refractivity contribution in [3.05, 3.63) is 82.4 Å². The van der Waals surface area contributed by atoms with Crippen molar-refractivity contribution >= 4 is 34.6 Å². The Kier molecular flexibility index (Phi) is 9.01. The van der Waals surface area contributed by atoms with Gasteiger partial charge in [0.05, 0.1) is 19.4 Å². The fourth-order valence-electron chi connectivity index (χ4n) is 4.22. The van der Waals surface area contributed by atoms with E-state index in [1.807, 2.05) is 0 Å². The first-order valence-electron chi connectivity index (χ1n) is 12.3. The average Bonchev–Trinajstić information content (AvgIpc) is 3.31. The first kappa shape index (κ1) is 29.7. The number of carboxylic acid groups (broad SMARTS) is 1. The number of fused-ring (bicyclic) bond motifs is 1. The second-order valence-electron chi connectivity index (χ2n) is 8.93. The molecule has 41 heavy (non-hydrogen) atoms. The zero-order valence-electron chi connectivity index (χ0n) is 21.6. The van der Waals surface area contributed by atoms with Crippen molar-refractivity contribution in [3.8, 4) is 17.2 Å². The maximum Gasteiger partial charge on any atom is 0.573 e. The van der Waals surface area contributed by atoms with Crippen LogP contribution in [0.25, 0.3) is 5.70 Å². The van der Waals surface area contributed by atoms with Gasteiger partial charge in [0.2, 0.25) is 5.88 Å². The number of halogens is 5. The Balaban J connectivity index is 1.72. The highest BCUT2D eigenvalue weighted by atomic mass is 35.5. The smallest absolute Gasteiger partial charge is 0.497 e. The number of benzene rings is 3. The number of ether oxygens (including phenoxy) is 3. The average molecular weight is 597 g/mol. The topological polar surface area (TPSA) is 100 Å². The summed E-state index contributed by atoms with van der Waals surface area (Å²) in [4.78, 5) is 12.1. The second kappa shape index (κ2) is 12.5. The van der Waals surface area contributed by atoms with Crippen LogP contribution in [0.4, 0.5) is 28.9 Å². The molecule has 1 aliphatic rings. The first-order chi connectivity index (χ1) is 19.4. The van der Waals surface area contributed by atoms with Crippen LogP contribution in [0.3, 0.4) is 0 Å². The molecule has 4 rings (SSSR count). The molecule has 0 aromatic heterocycles. The van der Waals surface area contributed by atoms with Crippen LogP contribution in [0.2, 0.25) is 5.02 Å². The lowest BCUT2D eigenvalue weighted by molar-refractivity contribution is -0.275. The van der Waals surface area contributed by atoms with Crippen molar-refractivity contribution in [1.82, 2.24) is 0 Å². The normalized spacial score (nSPS) is 13.4. The number of carbonyl (C=O) groups is 1. The van der Waals surface area contributed by atoms with Crippen molar-refractivity contribution in [2.24, 2.45) is 0 Å². The molecule has 1 heterocycles. The van der Waals surface area contributed by atoms with Crippen LogP contribution in [0, 0.1) is 5.82 Å². The summed E-state index contributed by atoms with van der Waals surface area (Å²) in [5, 5.41) is 23.9. The summed E-state index contributed by atoms with van der Waals surface area (Å²) in [6, 6.07) is 13.1. The molecule has 13 heteroatoms. The van der Waals surface area contributed by atoms with Crippen LogP contribution in [0.1, 0.15) is 24.0 Å². The van der Waals surface area contributed by atoms with Gasteiger partial charge in [0.15, 0.2) is 11.6 Å². The van der Waals surface area contributed by atoms with Crippen LogP contribution in [-0.4, -0.2) is 42.8 Å². The summed E-state index contributed by atoms with van der Waals surface area (Å²) in [5.74, 6) is -2.73. The number of nitrogens with zero attached hydrogens (tertiary/aromatic N) is 1. The molecule has 3 aromatic rings. The van der Waals surface area contributed by atoms with E-state index in [-0.39, 0.29) is 49.7 Å². The fraction of sp³-hybridized carbons (Fsp3) is 0.250. The molecule has 0 spiro atoms. The third-order valence-corrected chi connectivity index (χ3v) is 6.31. The predicted molar refractivity (Wildman–Crippen MR) is 144 cm³/mol. The van der Waals surface area contributed by atoms with E-state index in [2.05, 4.69) is 10.1 Å². The van der Waals surface area contributed by atoms with Crippen LogP contribution < -0.4 is 24.4 Å². The maximum atomic E-state index is 14.3. The van der Waals surface area contributed by atoms with Gasteiger partial charge in [0.25, 0.3) is 0 Å². The first-order valence-corrected chi connectivity index (χ1v) is 12.7. The molecule has 218 valence electrons. The number of nitrogens with one attached hydrogen (secondary N) is 1. The molecule has 0 radical (unpaired) electrons. The van der Waals surface area contributed by atoms with Crippen LogP contribution in [0.15, 0.2) is 60.5 Å². The predicted octanol–water partition coefficient (Wildman–Crippen LogP) is 6.99. The zero-order valence-corrected chi connectivity index (χ0v) is 22.4. The minimum atomic E-state index is -5.10. The van der Waals surface area contributed by atoms with Crippen molar-refractivity contribution in [1.29, 1.82) is 0 Å². The SMILES string of the molecule is COc1cc(NC(=C(O)N2CCc3cc(F)c(OC(F)(F)F)cc32)c2ccc(Cl)cc2)cc(OCCCC(=O)O)c1. The largest absolute Gasteiger partial charge is 0.573 e. The number of alkyl halides is 3. The van der Waals surface area contributed by atoms with Gasteiger partial charge in [-0.2, -0.15) is 0 Å². The van der Waals surface area contributed by atoms with Gasteiger partial charge in [-0.3, -0.25) is 4.79 Å². The van der Waals surface area contributed by atoms with Gasteiger partial charge in [-0.25, -0.2) is 4.39 Å². The highest BCUT2D eigenvalue weighted by Crippen LogP contribution is 2.39. The summed E-state index contributed by atoms with van der Waals surface area (Å²) >= 11 is 6.06. The maximum absolute atomic E-state index is 14.3. The van der Waals surface area contributed by atoms with E-state index in [4.69, 9.17) is 26.2 Å². The van der Waals surface area contributed by atoms with Gasteiger partial charge >= 0.3 is 12.3 Å². The van der Waals surface area contributed by atoms with Crippen molar-refractivity contribution in [2.75, 3.05) is 30.5 Å².